The van der Waals surface area contributed by atoms with E-state index in [9.17, 15) is 5.26 Å². The van der Waals surface area contributed by atoms with Gasteiger partial charge in [0, 0.05) is 54.8 Å². The van der Waals surface area contributed by atoms with Gasteiger partial charge >= 0.3 is 0 Å². The number of aromatic nitrogens is 3. The Labute approximate surface area is 264 Å². The molecule has 0 saturated heterocycles. The molecule has 5 aromatic carbocycles. The summed E-state index contributed by atoms with van der Waals surface area (Å²) in [6.07, 6.45) is 3.64. The van der Waals surface area contributed by atoms with Gasteiger partial charge in [0.1, 0.15) is 0 Å². The van der Waals surface area contributed by atoms with Crippen LogP contribution in [0.5, 0.6) is 0 Å². The van der Waals surface area contributed by atoms with Gasteiger partial charge in [-0.15, -0.1) is 11.3 Å². The third-order valence-electron chi connectivity index (χ3n) is 8.04. The molecule has 210 valence electrons. The van der Waals surface area contributed by atoms with Crippen LogP contribution in [0, 0.1) is 11.3 Å². The van der Waals surface area contributed by atoms with Crippen molar-refractivity contribution >= 4 is 31.5 Å². The molecule has 0 saturated carbocycles. The molecule has 0 aliphatic heterocycles. The summed E-state index contributed by atoms with van der Waals surface area (Å²) < 4.78 is 2.61. The summed E-state index contributed by atoms with van der Waals surface area (Å²) in [7, 11) is 0. The van der Waals surface area contributed by atoms with Crippen LogP contribution in [0.2, 0.25) is 0 Å². The van der Waals surface area contributed by atoms with Gasteiger partial charge in [-0.2, -0.15) is 5.26 Å². The average Bonchev–Trinajstić information content (AvgIpc) is 3.50. The molecule has 0 spiro atoms. The van der Waals surface area contributed by atoms with Crippen LogP contribution in [0.4, 0.5) is 0 Å². The van der Waals surface area contributed by atoms with E-state index in [-0.39, 0.29) is 0 Å². The Balaban J connectivity index is 1.21. The third kappa shape index (κ3) is 5.14. The van der Waals surface area contributed by atoms with Crippen LogP contribution in [-0.2, 0) is 0 Å². The maximum Gasteiger partial charge on any atom is 0.160 e. The second-order valence-electron chi connectivity index (χ2n) is 10.9. The Kier molecular flexibility index (Phi) is 6.68. The van der Waals surface area contributed by atoms with Gasteiger partial charge in [0.2, 0.25) is 0 Å². The lowest BCUT2D eigenvalue weighted by Gasteiger charge is -2.11. The highest BCUT2D eigenvalue weighted by molar-refractivity contribution is 7.25. The number of fused-ring (bicyclic) bond motifs is 3. The Morgan fingerprint density at radius 3 is 1.89 bits per heavy atom. The number of nitriles is 1. The minimum atomic E-state index is 0.613. The number of rotatable bonds is 5. The van der Waals surface area contributed by atoms with Crippen molar-refractivity contribution in [1.29, 1.82) is 5.26 Å². The lowest BCUT2D eigenvalue weighted by molar-refractivity contribution is 1.18. The molecule has 8 aromatic rings. The van der Waals surface area contributed by atoms with E-state index >= 15 is 0 Å². The van der Waals surface area contributed by atoms with E-state index in [2.05, 4.69) is 89.9 Å². The van der Waals surface area contributed by atoms with Crippen LogP contribution in [0.15, 0.2) is 146 Å². The predicted molar refractivity (Wildman–Crippen MR) is 185 cm³/mol. The first-order valence-corrected chi connectivity index (χ1v) is 15.5. The highest BCUT2D eigenvalue weighted by atomic mass is 32.1. The van der Waals surface area contributed by atoms with E-state index in [1.807, 2.05) is 72.1 Å². The van der Waals surface area contributed by atoms with E-state index in [0.717, 1.165) is 44.8 Å². The molecule has 8 rings (SSSR count). The summed E-state index contributed by atoms with van der Waals surface area (Å²) in [6, 6.07) is 47.9. The smallest absolute Gasteiger partial charge is 0.160 e. The zero-order chi connectivity index (χ0) is 30.2. The Morgan fingerprint density at radius 1 is 0.489 bits per heavy atom. The van der Waals surface area contributed by atoms with Crippen molar-refractivity contribution in [3.8, 4) is 62.2 Å². The van der Waals surface area contributed by atoms with Crippen molar-refractivity contribution in [2.24, 2.45) is 0 Å². The van der Waals surface area contributed by atoms with Gasteiger partial charge in [-0.25, -0.2) is 9.97 Å². The molecule has 45 heavy (non-hydrogen) atoms. The maximum absolute atomic E-state index is 9.32. The number of pyridine rings is 1. The van der Waals surface area contributed by atoms with Gasteiger partial charge in [0.25, 0.3) is 0 Å². The second kappa shape index (κ2) is 11.3. The molecule has 0 aliphatic carbocycles. The minimum absolute atomic E-state index is 0.613. The van der Waals surface area contributed by atoms with Gasteiger partial charge in [-0.05, 0) is 65.2 Å². The summed E-state index contributed by atoms with van der Waals surface area (Å²) in [6.45, 7) is 0. The molecule has 3 heterocycles. The van der Waals surface area contributed by atoms with Crippen LogP contribution in [0.1, 0.15) is 5.56 Å². The number of hydrogen-bond donors (Lipinski definition) is 0. The molecule has 0 bridgehead atoms. The van der Waals surface area contributed by atoms with Gasteiger partial charge in [0.05, 0.1) is 23.0 Å². The Morgan fingerprint density at radius 2 is 1.13 bits per heavy atom. The summed E-state index contributed by atoms with van der Waals surface area (Å²) in [5, 5.41) is 11.9. The van der Waals surface area contributed by atoms with Crippen molar-refractivity contribution in [3.05, 3.63) is 151 Å². The fourth-order valence-electron chi connectivity index (χ4n) is 5.70. The third-order valence-corrected chi connectivity index (χ3v) is 9.19. The topological polar surface area (TPSA) is 62.5 Å². The molecule has 0 fully saturated rings. The summed E-state index contributed by atoms with van der Waals surface area (Å²) in [5.41, 5.74) is 9.51. The largest absolute Gasteiger partial charge is 0.264 e. The van der Waals surface area contributed by atoms with Crippen molar-refractivity contribution in [2.45, 2.75) is 0 Å². The summed E-state index contributed by atoms with van der Waals surface area (Å²) in [4.78, 5) is 14.3. The Bertz CT molecular complexity index is 2370. The lowest BCUT2D eigenvalue weighted by atomic mass is 10.00. The maximum atomic E-state index is 9.32. The first-order chi connectivity index (χ1) is 22.2. The zero-order valence-electron chi connectivity index (χ0n) is 24.1. The zero-order valence-corrected chi connectivity index (χ0v) is 24.9. The average molecular weight is 593 g/mol. The quantitative estimate of drug-likeness (QED) is 0.199. The molecule has 0 N–H and O–H groups in total. The summed E-state index contributed by atoms with van der Waals surface area (Å²) in [5.74, 6) is 0.636. The molecule has 0 atom stereocenters. The van der Waals surface area contributed by atoms with Crippen LogP contribution >= 0.6 is 11.3 Å². The standard InChI is InChI=1S/C40H24N4S/c41-24-26-10-12-28(13-11-26)36-23-37(44-40(43-36)32-6-3-5-30(21-32)33-7-4-20-42-25-33)29-16-14-27(15-17-29)31-18-19-39-35(22-31)34-8-1-2-9-38(34)45-39/h1-23,25H. The van der Waals surface area contributed by atoms with E-state index in [1.165, 1.54) is 25.7 Å². The SMILES string of the molecule is N#Cc1ccc(-c2cc(-c3ccc(-c4ccc5sc6ccccc6c5c4)cc3)nc(-c3cccc(-c4cccnc4)c3)n2)cc1. The fourth-order valence-corrected chi connectivity index (χ4v) is 6.78. The molecular formula is C40H24N4S. The molecule has 0 unspecified atom stereocenters. The first-order valence-electron chi connectivity index (χ1n) is 14.6. The second-order valence-corrected chi connectivity index (χ2v) is 11.9. The Hall–Kier alpha value is -5.96. The molecule has 0 amide bonds. The number of thiophene rings is 1. The van der Waals surface area contributed by atoms with Gasteiger partial charge < -0.3 is 0 Å². The molecule has 5 heteroatoms. The molecule has 0 radical (unpaired) electrons. The number of hydrogen-bond acceptors (Lipinski definition) is 5. The first kappa shape index (κ1) is 26.7. The van der Waals surface area contributed by atoms with Crippen LogP contribution in [-0.4, -0.2) is 15.0 Å². The molecular weight excluding hydrogens is 569 g/mol. The van der Waals surface area contributed by atoms with E-state index in [4.69, 9.17) is 9.97 Å². The molecule has 4 nitrogen and oxygen atoms in total. The van der Waals surface area contributed by atoms with Crippen LogP contribution < -0.4 is 0 Å². The monoisotopic (exact) mass is 592 g/mol. The lowest BCUT2D eigenvalue weighted by Crippen LogP contribution is -1.96. The number of benzene rings is 5. The van der Waals surface area contributed by atoms with Gasteiger partial charge in [0.15, 0.2) is 5.82 Å². The number of nitrogens with zero attached hydrogens (tertiary/aromatic N) is 4. The van der Waals surface area contributed by atoms with E-state index < -0.39 is 0 Å². The van der Waals surface area contributed by atoms with Gasteiger partial charge in [-0.3, -0.25) is 4.98 Å². The van der Waals surface area contributed by atoms with E-state index in [1.54, 1.807) is 6.20 Å². The van der Waals surface area contributed by atoms with Crippen LogP contribution in [0.3, 0.4) is 0 Å². The minimum Gasteiger partial charge on any atom is -0.264 e. The van der Waals surface area contributed by atoms with Crippen molar-refractivity contribution in [2.75, 3.05) is 0 Å². The van der Waals surface area contributed by atoms with Crippen molar-refractivity contribution in [1.82, 2.24) is 15.0 Å². The van der Waals surface area contributed by atoms with Crippen molar-refractivity contribution in [3.63, 3.8) is 0 Å². The van der Waals surface area contributed by atoms with Gasteiger partial charge in [-0.1, -0.05) is 84.9 Å². The molecule has 3 aromatic heterocycles. The molecule has 0 aliphatic rings. The summed E-state index contributed by atoms with van der Waals surface area (Å²) >= 11 is 1.83. The van der Waals surface area contributed by atoms with E-state index in [0.29, 0.717) is 11.4 Å². The predicted octanol–water partition coefficient (Wildman–Crippen LogP) is 10.4. The fraction of sp³-hybridized carbons (Fsp3) is 0. The highest BCUT2D eigenvalue weighted by Crippen LogP contribution is 2.37. The normalized spacial score (nSPS) is 11.1. The van der Waals surface area contributed by atoms with Crippen molar-refractivity contribution < 1.29 is 0 Å². The highest BCUT2D eigenvalue weighted by Gasteiger charge is 2.13. The van der Waals surface area contributed by atoms with Crippen LogP contribution in [0.25, 0.3) is 76.3 Å².